The first-order valence-electron chi connectivity index (χ1n) is 6.78. The maximum atomic E-state index is 11.3. The van der Waals surface area contributed by atoms with E-state index in [1.54, 1.807) is 6.92 Å². The summed E-state index contributed by atoms with van der Waals surface area (Å²) in [5.41, 5.74) is 3.80. The molecular formula is C17H26O. The number of aryl methyl sites for hydroxylation is 1. The topological polar surface area (TPSA) is 17.1 Å². The molecule has 1 atom stereocenters. The van der Waals surface area contributed by atoms with Gasteiger partial charge in [-0.1, -0.05) is 51.1 Å². The summed E-state index contributed by atoms with van der Waals surface area (Å²) < 4.78 is 0. The van der Waals surface area contributed by atoms with Gasteiger partial charge in [-0.3, -0.25) is 4.79 Å². The number of ketones is 1. The minimum atomic E-state index is 0.103. The fourth-order valence-electron chi connectivity index (χ4n) is 1.79. The number of carbonyl (C=O) groups excluding carboxylic acids is 1. The van der Waals surface area contributed by atoms with E-state index in [0.717, 1.165) is 6.42 Å². The van der Waals surface area contributed by atoms with Crippen LogP contribution in [0.2, 0.25) is 0 Å². The van der Waals surface area contributed by atoms with E-state index < -0.39 is 0 Å². The molecule has 0 saturated carbocycles. The van der Waals surface area contributed by atoms with Gasteiger partial charge in [0.25, 0.3) is 0 Å². The van der Waals surface area contributed by atoms with Gasteiger partial charge in [0, 0.05) is 5.92 Å². The Labute approximate surface area is 112 Å². The van der Waals surface area contributed by atoms with Crippen molar-refractivity contribution >= 4 is 11.4 Å². The van der Waals surface area contributed by atoms with Crippen molar-refractivity contribution < 1.29 is 4.79 Å². The normalized spacial score (nSPS) is 12.4. The van der Waals surface area contributed by atoms with E-state index in [1.165, 1.54) is 16.7 Å². The molecule has 0 bridgehead atoms. The maximum Gasteiger partial charge on any atom is 0.132 e. The molecule has 1 rings (SSSR count). The van der Waals surface area contributed by atoms with Crippen LogP contribution in [0, 0.1) is 12.8 Å². The Morgan fingerprint density at radius 3 is 2.28 bits per heavy atom. The second-order valence-corrected chi connectivity index (χ2v) is 4.34. The zero-order valence-corrected chi connectivity index (χ0v) is 12.6. The molecule has 0 aliphatic heterocycles. The Morgan fingerprint density at radius 1 is 1.28 bits per heavy atom. The SMILES string of the molecule is C/C=C(/CC(C)C(C)=O)c1ccccc1C.CC. The average molecular weight is 246 g/mol. The number of allylic oxidation sites excluding steroid dienone is 2. The number of benzene rings is 1. The van der Waals surface area contributed by atoms with Crippen LogP contribution < -0.4 is 0 Å². The summed E-state index contributed by atoms with van der Waals surface area (Å²) >= 11 is 0. The molecule has 0 saturated heterocycles. The highest BCUT2D eigenvalue weighted by molar-refractivity contribution is 5.81. The quantitative estimate of drug-likeness (QED) is 0.727. The smallest absolute Gasteiger partial charge is 0.132 e. The summed E-state index contributed by atoms with van der Waals surface area (Å²) in [6, 6.07) is 8.32. The second kappa shape index (κ2) is 8.68. The molecule has 0 fully saturated rings. The summed E-state index contributed by atoms with van der Waals surface area (Å²) in [6.07, 6.45) is 2.94. The Morgan fingerprint density at radius 2 is 1.83 bits per heavy atom. The Bertz CT molecular complexity index is 402. The third-order valence-electron chi connectivity index (χ3n) is 3.06. The van der Waals surface area contributed by atoms with E-state index >= 15 is 0 Å². The lowest BCUT2D eigenvalue weighted by atomic mass is 9.91. The van der Waals surface area contributed by atoms with E-state index in [-0.39, 0.29) is 11.7 Å². The van der Waals surface area contributed by atoms with Gasteiger partial charge in [0.2, 0.25) is 0 Å². The van der Waals surface area contributed by atoms with Crippen LogP contribution in [0.3, 0.4) is 0 Å². The molecule has 1 aromatic rings. The first-order valence-corrected chi connectivity index (χ1v) is 6.78. The van der Waals surface area contributed by atoms with Crippen LogP contribution in [0.5, 0.6) is 0 Å². The Hall–Kier alpha value is -1.37. The Kier molecular flexibility index (Phi) is 8.02. The van der Waals surface area contributed by atoms with Crippen LogP contribution in [0.25, 0.3) is 5.57 Å². The summed E-state index contributed by atoms with van der Waals surface area (Å²) in [5.74, 6) is 0.360. The molecule has 0 amide bonds. The van der Waals surface area contributed by atoms with E-state index in [1.807, 2.05) is 39.8 Å². The van der Waals surface area contributed by atoms with Gasteiger partial charge in [0.15, 0.2) is 0 Å². The molecule has 0 aliphatic carbocycles. The highest BCUT2D eigenvalue weighted by atomic mass is 16.1. The van der Waals surface area contributed by atoms with Crippen molar-refractivity contribution in [2.75, 3.05) is 0 Å². The highest BCUT2D eigenvalue weighted by Crippen LogP contribution is 2.25. The molecule has 0 aromatic heterocycles. The molecule has 1 heteroatoms. The monoisotopic (exact) mass is 246 g/mol. The lowest BCUT2D eigenvalue weighted by molar-refractivity contribution is -0.120. The molecule has 100 valence electrons. The van der Waals surface area contributed by atoms with Crippen LogP contribution >= 0.6 is 0 Å². The van der Waals surface area contributed by atoms with Crippen molar-refractivity contribution in [1.82, 2.24) is 0 Å². The molecule has 1 nitrogen and oxygen atoms in total. The van der Waals surface area contributed by atoms with Crippen LogP contribution in [0.1, 0.15) is 52.2 Å². The number of hydrogen-bond donors (Lipinski definition) is 0. The van der Waals surface area contributed by atoms with Crippen LogP contribution in [0.15, 0.2) is 30.3 Å². The minimum absolute atomic E-state index is 0.103. The van der Waals surface area contributed by atoms with Crippen molar-refractivity contribution in [2.24, 2.45) is 5.92 Å². The fourth-order valence-corrected chi connectivity index (χ4v) is 1.79. The van der Waals surface area contributed by atoms with Crippen molar-refractivity contribution in [3.63, 3.8) is 0 Å². The van der Waals surface area contributed by atoms with Gasteiger partial charge in [-0.15, -0.1) is 0 Å². The minimum Gasteiger partial charge on any atom is -0.300 e. The van der Waals surface area contributed by atoms with Gasteiger partial charge in [0.1, 0.15) is 5.78 Å². The summed E-state index contributed by atoms with van der Waals surface area (Å²) in [6.45, 7) is 11.8. The first kappa shape index (κ1) is 16.6. The Balaban J connectivity index is 0.00000137. The molecule has 0 aliphatic rings. The maximum absolute atomic E-state index is 11.3. The van der Waals surface area contributed by atoms with Gasteiger partial charge in [-0.05, 0) is 43.9 Å². The second-order valence-electron chi connectivity index (χ2n) is 4.34. The largest absolute Gasteiger partial charge is 0.300 e. The van der Waals surface area contributed by atoms with Gasteiger partial charge in [0.05, 0.1) is 0 Å². The number of hydrogen-bond acceptors (Lipinski definition) is 1. The van der Waals surface area contributed by atoms with Crippen LogP contribution in [-0.2, 0) is 4.79 Å². The molecular weight excluding hydrogens is 220 g/mol. The van der Waals surface area contributed by atoms with Gasteiger partial charge in [-0.25, -0.2) is 0 Å². The molecule has 18 heavy (non-hydrogen) atoms. The van der Waals surface area contributed by atoms with Crippen molar-refractivity contribution in [2.45, 2.75) is 48.0 Å². The first-order chi connectivity index (χ1) is 8.56. The summed E-state index contributed by atoms with van der Waals surface area (Å²) in [4.78, 5) is 11.3. The molecule has 1 unspecified atom stereocenters. The summed E-state index contributed by atoms with van der Waals surface area (Å²) in [5, 5.41) is 0. The molecule has 1 aromatic carbocycles. The highest BCUT2D eigenvalue weighted by Gasteiger charge is 2.12. The number of carbonyl (C=O) groups is 1. The lowest BCUT2D eigenvalue weighted by Gasteiger charge is -2.13. The van der Waals surface area contributed by atoms with E-state index in [0.29, 0.717) is 0 Å². The van der Waals surface area contributed by atoms with Crippen molar-refractivity contribution in [1.29, 1.82) is 0 Å². The van der Waals surface area contributed by atoms with Gasteiger partial charge >= 0.3 is 0 Å². The average Bonchev–Trinajstić information content (AvgIpc) is 2.39. The van der Waals surface area contributed by atoms with E-state index in [4.69, 9.17) is 0 Å². The van der Waals surface area contributed by atoms with Crippen molar-refractivity contribution in [3.05, 3.63) is 41.5 Å². The predicted molar refractivity (Wildman–Crippen MR) is 80.6 cm³/mol. The number of Topliss-reactive ketones (excluding diaryl/α,β-unsaturated/α-hetero) is 1. The zero-order valence-electron chi connectivity index (χ0n) is 12.6. The molecule has 0 spiro atoms. The molecule has 0 heterocycles. The fraction of sp³-hybridized carbons (Fsp3) is 0.471. The molecule has 0 radical (unpaired) electrons. The lowest BCUT2D eigenvalue weighted by Crippen LogP contribution is -2.07. The molecule has 0 N–H and O–H groups in total. The van der Waals surface area contributed by atoms with Gasteiger partial charge < -0.3 is 0 Å². The van der Waals surface area contributed by atoms with Gasteiger partial charge in [-0.2, -0.15) is 0 Å². The van der Waals surface area contributed by atoms with Crippen molar-refractivity contribution in [3.8, 4) is 0 Å². The van der Waals surface area contributed by atoms with Crippen LogP contribution in [-0.4, -0.2) is 5.78 Å². The van der Waals surface area contributed by atoms with Crippen LogP contribution in [0.4, 0.5) is 0 Å². The zero-order chi connectivity index (χ0) is 14.1. The third-order valence-corrected chi connectivity index (χ3v) is 3.06. The standard InChI is InChI=1S/C15H20O.C2H6/c1-5-14(10-12(3)13(4)16)15-9-7-6-8-11(15)2;1-2/h5-9,12H,10H2,1-4H3;1-2H3/b14-5-;. The number of rotatable bonds is 4. The third kappa shape index (κ3) is 4.87. The predicted octanol–water partition coefficient (Wildman–Crippen LogP) is 5.04. The van der Waals surface area contributed by atoms with E-state index in [9.17, 15) is 4.79 Å². The van der Waals surface area contributed by atoms with E-state index in [2.05, 4.69) is 25.1 Å². The summed E-state index contributed by atoms with van der Waals surface area (Å²) in [7, 11) is 0.